The Morgan fingerprint density at radius 3 is 2.21 bits per heavy atom. The van der Waals surface area contributed by atoms with Crippen molar-refractivity contribution in [1.29, 1.82) is 0 Å². The molecule has 6 nitrogen and oxygen atoms in total. The van der Waals surface area contributed by atoms with Crippen molar-refractivity contribution in [2.45, 2.75) is 71.4 Å². The molecule has 0 saturated heterocycles. The van der Waals surface area contributed by atoms with Gasteiger partial charge in [-0.2, -0.15) is 0 Å². The molecule has 0 saturated carbocycles. The Hall–Kier alpha value is -1.02. The lowest BCUT2D eigenvalue weighted by Gasteiger charge is -2.36. The van der Waals surface area contributed by atoms with E-state index in [9.17, 15) is 15.3 Å². The molecule has 0 unspecified atom stereocenters. The first-order valence-corrected chi connectivity index (χ1v) is 8.40. The molecule has 6 heteroatoms. The lowest BCUT2D eigenvalue weighted by molar-refractivity contribution is -0.448. The van der Waals surface area contributed by atoms with Gasteiger partial charge < -0.3 is 25.8 Å². The summed E-state index contributed by atoms with van der Waals surface area (Å²) < 4.78 is 5.40. The number of quaternary nitrogens is 1. The summed E-state index contributed by atoms with van der Waals surface area (Å²) in [6.07, 6.45) is -2.38. The summed E-state index contributed by atoms with van der Waals surface area (Å²) in [5, 5.41) is 33.2. The Morgan fingerprint density at radius 1 is 1.12 bits per heavy atom. The van der Waals surface area contributed by atoms with Crippen molar-refractivity contribution >= 4 is 0 Å². The van der Waals surface area contributed by atoms with Crippen molar-refractivity contribution in [3.05, 3.63) is 35.9 Å². The van der Waals surface area contributed by atoms with E-state index in [-0.39, 0.29) is 17.9 Å². The normalized spacial score (nSPS) is 18.7. The van der Waals surface area contributed by atoms with E-state index in [2.05, 4.69) is 11.1 Å². The quantitative estimate of drug-likeness (QED) is 0.413. The van der Waals surface area contributed by atoms with Gasteiger partial charge in [0.15, 0.2) is 12.5 Å². The molecule has 0 spiro atoms. The van der Waals surface area contributed by atoms with Gasteiger partial charge in [-0.05, 0) is 17.9 Å². The largest absolute Gasteiger partial charge is 0.392 e. The molecule has 0 aromatic heterocycles. The molecule has 0 radical (unpaired) electrons. The average Bonchev–Trinajstić information content (AvgIpc) is 2.49. The zero-order valence-corrected chi connectivity index (χ0v) is 15.1. The maximum Gasteiger partial charge on any atom is 0.160 e. The van der Waals surface area contributed by atoms with Crippen molar-refractivity contribution in [2.24, 2.45) is 5.41 Å². The highest BCUT2D eigenvalue weighted by atomic mass is 16.6. The highest BCUT2D eigenvalue weighted by Gasteiger charge is 2.33. The van der Waals surface area contributed by atoms with E-state index in [0.717, 1.165) is 5.56 Å². The van der Waals surface area contributed by atoms with Crippen molar-refractivity contribution < 1.29 is 25.8 Å². The van der Waals surface area contributed by atoms with Gasteiger partial charge >= 0.3 is 0 Å². The summed E-state index contributed by atoms with van der Waals surface area (Å²) in [5.74, 6) is 0. The Morgan fingerprint density at radius 2 is 1.71 bits per heavy atom. The maximum absolute atomic E-state index is 10.3. The second-order valence-corrected chi connectivity index (χ2v) is 7.44. The van der Waals surface area contributed by atoms with Gasteiger partial charge in [-0.3, -0.25) is 5.32 Å². The minimum atomic E-state index is -1.01. The molecular formula is C18H33N2O4+. The average molecular weight is 341 g/mol. The van der Waals surface area contributed by atoms with Crippen molar-refractivity contribution in [3.63, 3.8) is 0 Å². The predicted molar refractivity (Wildman–Crippen MR) is 92.6 cm³/mol. The fraction of sp³-hybridized carbons (Fsp3) is 0.667. The molecule has 7 N–H and O–H groups in total. The molecule has 138 valence electrons. The van der Waals surface area contributed by atoms with Crippen LogP contribution in [0.25, 0.3) is 0 Å². The van der Waals surface area contributed by atoms with Gasteiger partial charge in [-0.1, -0.05) is 51.1 Å². The summed E-state index contributed by atoms with van der Waals surface area (Å²) in [7, 11) is 0. The summed E-state index contributed by atoms with van der Waals surface area (Å²) in [5.41, 5.74) is 4.64. The lowest BCUT2D eigenvalue weighted by Crippen LogP contribution is -2.72. The molecule has 0 fully saturated rings. The Bertz CT molecular complexity index is 462. The second kappa shape index (κ2) is 9.46. The summed E-state index contributed by atoms with van der Waals surface area (Å²) in [4.78, 5) is 0. The first-order valence-electron chi connectivity index (χ1n) is 8.40. The first kappa shape index (κ1) is 21.0. The summed E-state index contributed by atoms with van der Waals surface area (Å²) in [6.45, 7) is 7.95. The monoisotopic (exact) mass is 341 g/mol. The zero-order valence-electron chi connectivity index (χ0n) is 15.1. The van der Waals surface area contributed by atoms with Gasteiger partial charge in [0.1, 0.15) is 6.04 Å². The van der Waals surface area contributed by atoms with Crippen molar-refractivity contribution in [3.8, 4) is 0 Å². The van der Waals surface area contributed by atoms with Crippen LogP contribution >= 0.6 is 0 Å². The highest BCUT2D eigenvalue weighted by molar-refractivity contribution is 5.13. The molecular weight excluding hydrogens is 308 g/mol. The number of rotatable bonds is 9. The van der Waals surface area contributed by atoms with Crippen LogP contribution in [-0.4, -0.2) is 46.0 Å². The molecule has 0 aliphatic rings. The SMILES string of the molecule is C[C@H](O)[C@@H](N[C@@H](O)[C@H]([NH3+])C[C@H](O)OCc1ccccc1)C(C)(C)C. The smallest absolute Gasteiger partial charge is 0.160 e. The third-order valence-electron chi connectivity index (χ3n) is 4.00. The van der Waals surface area contributed by atoms with E-state index < -0.39 is 24.7 Å². The Labute approximate surface area is 144 Å². The molecule has 5 atom stereocenters. The molecule has 0 aliphatic carbocycles. The van der Waals surface area contributed by atoms with E-state index in [4.69, 9.17) is 4.74 Å². The highest BCUT2D eigenvalue weighted by Crippen LogP contribution is 2.22. The molecule has 0 aliphatic heterocycles. The zero-order chi connectivity index (χ0) is 18.3. The fourth-order valence-electron chi connectivity index (χ4n) is 2.66. The molecule has 0 bridgehead atoms. The first-order chi connectivity index (χ1) is 11.1. The van der Waals surface area contributed by atoms with Gasteiger partial charge in [-0.15, -0.1) is 0 Å². The minimum Gasteiger partial charge on any atom is -0.392 e. The van der Waals surface area contributed by atoms with Crippen LogP contribution in [0.15, 0.2) is 30.3 Å². The van der Waals surface area contributed by atoms with E-state index >= 15 is 0 Å². The molecule has 1 aromatic rings. The van der Waals surface area contributed by atoms with Gasteiger partial charge in [0.25, 0.3) is 0 Å². The molecule has 24 heavy (non-hydrogen) atoms. The third-order valence-corrected chi connectivity index (χ3v) is 4.00. The lowest BCUT2D eigenvalue weighted by atomic mass is 9.83. The number of aliphatic hydroxyl groups is 3. The minimum absolute atomic E-state index is 0.192. The van der Waals surface area contributed by atoms with Gasteiger partial charge in [0, 0.05) is 6.04 Å². The van der Waals surface area contributed by atoms with E-state index in [1.165, 1.54) is 0 Å². The van der Waals surface area contributed by atoms with Crippen LogP contribution in [0.2, 0.25) is 0 Å². The van der Waals surface area contributed by atoms with Crippen LogP contribution in [0, 0.1) is 5.41 Å². The number of hydrogen-bond donors (Lipinski definition) is 5. The van der Waals surface area contributed by atoms with Gasteiger partial charge in [0.05, 0.1) is 19.1 Å². The molecule has 0 heterocycles. The van der Waals surface area contributed by atoms with Crippen LogP contribution < -0.4 is 11.1 Å². The van der Waals surface area contributed by atoms with Crippen LogP contribution in [-0.2, 0) is 11.3 Å². The number of nitrogens with one attached hydrogen (secondary N) is 1. The van der Waals surface area contributed by atoms with E-state index in [0.29, 0.717) is 6.61 Å². The molecule has 1 aromatic carbocycles. The van der Waals surface area contributed by atoms with Crippen LogP contribution in [0.1, 0.15) is 39.7 Å². The number of aliphatic hydroxyl groups excluding tert-OH is 3. The van der Waals surface area contributed by atoms with Gasteiger partial charge in [0.2, 0.25) is 0 Å². The second-order valence-electron chi connectivity index (χ2n) is 7.44. The summed E-state index contributed by atoms with van der Waals surface area (Å²) >= 11 is 0. The van der Waals surface area contributed by atoms with Crippen LogP contribution in [0.3, 0.4) is 0 Å². The number of hydrogen-bond acceptors (Lipinski definition) is 5. The maximum atomic E-state index is 10.3. The standard InChI is InChI=1S/C18H32N2O4/c1-12(21)16(18(2,3)4)20-17(23)14(19)10-15(22)24-11-13-8-6-5-7-9-13/h5-9,12,14-17,20-23H,10-11,19H2,1-4H3/p+1/t12-,14+,15+,16+,17-/m0/s1. The topological polar surface area (TPSA) is 110 Å². The van der Waals surface area contributed by atoms with Crippen LogP contribution in [0.4, 0.5) is 0 Å². The summed E-state index contributed by atoms with van der Waals surface area (Å²) in [6, 6.07) is 8.81. The van der Waals surface area contributed by atoms with Crippen LogP contribution in [0.5, 0.6) is 0 Å². The fourth-order valence-corrected chi connectivity index (χ4v) is 2.66. The molecule has 0 amide bonds. The molecule has 1 rings (SSSR count). The van der Waals surface area contributed by atoms with E-state index in [1.807, 2.05) is 51.1 Å². The predicted octanol–water partition coefficient (Wildman–Crippen LogP) is 0.226. The Balaban J connectivity index is 2.46. The van der Waals surface area contributed by atoms with Gasteiger partial charge in [-0.25, -0.2) is 0 Å². The van der Waals surface area contributed by atoms with Crippen molar-refractivity contribution in [1.82, 2.24) is 5.32 Å². The number of ether oxygens (including phenoxy) is 1. The van der Waals surface area contributed by atoms with Crippen molar-refractivity contribution in [2.75, 3.05) is 0 Å². The van der Waals surface area contributed by atoms with E-state index in [1.54, 1.807) is 6.92 Å². The Kier molecular flexibility index (Phi) is 8.29. The number of benzene rings is 1. The third kappa shape index (κ3) is 7.25.